The Hall–Kier alpha value is -0.720. The Bertz CT molecular complexity index is 429. The van der Waals surface area contributed by atoms with E-state index in [2.05, 4.69) is 40.1 Å². The summed E-state index contributed by atoms with van der Waals surface area (Å²) in [5, 5.41) is 3.55. The lowest BCUT2D eigenvalue weighted by Crippen LogP contribution is -2.48. The second-order valence-electron chi connectivity index (χ2n) is 5.64. The molecule has 2 aliphatic heterocycles. The summed E-state index contributed by atoms with van der Waals surface area (Å²) in [5.74, 6) is 1.88. The van der Waals surface area contributed by atoms with Gasteiger partial charge in [0.1, 0.15) is 0 Å². The van der Waals surface area contributed by atoms with Crippen LogP contribution in [0.5, 0.6) is 0 Å². The number of nitrogens with one attached hydrogen (secondary N) is 2. The van der Waals surface area contributed by atoms with Crippen LogP contribution >= 0.6 is 24.0 Å². The molecule has 3 atom stereocenters. The van der Waals surface area contributed by atoms with Crippen molar-refractivity contribution in [2.45, 2.75) is 38.8 Å². The van der Waals surface area contributed by atoms with Gasteiger partial charge in [-0.1, -0.05) is 6.92 Å². The smallest absolute Gasteiger partial charge is 0.194 e. The van der Waals surface area contributed by atoms with Gasteiger partial charge in [0.25, 0.3) is 0 Å². The standard InChI is InChI=1S/C14H22N4.HI/c1-10-5-6-12-8-16-14(18(12)9-10)17-11(2)13-4-3-7-15-13;/h3-4,7,10-12,15H,5-6,8-9H2,1-2H3,(H,16,17);1H. The molecule has 0 aliphatic carbocycles. The van der Waals surface area contributed by atoms with E-state index in [0.29, 0.717) is 6.04 Å². The number of H-pyrrole nitrogens is 1. The van der Waals surface area contributed by atoms with Gasteiger partial charge in [-0.25, -0.2) is 0 Å². The summed E-state index contributed by atoms with van der Waals surface area (Å²) in [6.07, 6.45) is 4.60. The van der Waals surface area contributed by atoms with E-state index in [1.165, 1.54) is 18.5 Å². The van der Waals surface area contributed by atoms with E-state index in [9.17, 15) is 0 Å². The lowest BCUT2D eigenvalue weighted by molar-refractivity contribution is 0.210. The lowest BCUT2D eigenvalue weighted by Gasteiger charge is -2.36. The second-order valence-corrected chi connectivity index (χ2v) is 5.64. The second kappa shape index (κ2) is 6.15. The average molecular weight is 374 g/mol. The molecule has 4 nitrogen and oxygen atoms in total. The van der Waals surface area contributed by atoms with Crippen molar-refractivity contribution in [2.24, 2.45) is 10.9 Å². The highest BCUT2D eigenvalue weighted by atomic mass is 127. The molecule has 0 amide bonds. The number of hydrogen-bond donors (Lipinski definition) is 2. The Labute approximate surface area is 132 Å². The van der Waals surface area contributed by atoms with E-state index in [4.69, 9.17) is 0 Å². The van der Waals surface area contributed by atoms with Crippen LogP contribution in [0.15, 0.2) is 23.3 Å². The monoisotopic (exact) mass is 374 g/mol. The zero-order valence-corrected chi connectivity index (χ0v) is 13.9. The predicted octanol–water partition coefficient (Wildman–Crippen LogP) is 2.75. The van der Waals surface area contributed by atoms with E-state index >= 15 is 0 Å². The molecule has 0 radical (unpaired) electrons. The molecule has 106 valence electrons. The maximum Gasteiger partial charge on any atom is 0.194 e. The van der Waals surface area contributed by atoms with E-state index < -0.39 is 0 Å². The van der Waals surface area contributed by atoms with Crippen LogP contribution in [0.25, 0.3) is 0 Å². The molecule has 3 unspecified atom stereocenters. The molecule has 1 fully saturated rings. The fourth-order valence-corrected chi connectivity index (χ4v) is 2.95. The van der Waals surface area contributed by atoms with Gasteiger partial charge >= 0.3 is 0 Å². The highest BCUT2D eigenvalue weighted by molar-refractivity contribution is 14.0. The number of aromatic nitrogens is 1. The first-order valence-electron chi connectivity index (χ1n) is 6.95. The van der Waals surface area contributed by atoms with Crippen LogP contribution in [0.2, 0.25) is 0 Å². The third-order valence-corrected chi connectivity index (χ3v) is 4.10. The summed E-state index contributed by atoms with van der Waals surface area (Å²) < 4.78 is 0. The summed E-state index contributed by atoms with van der Waals surface area (Å²) in [7, 11) is 0. The van der Waals surface area contributed by atoms with Gasteiger partial charge in [0.15, 0.2) is 5.96 Å². The van der Waals surface area contributed by atoms with Crippen LogP contribution in [0.1, 0.15) is 38.4 Å². The first-order chi connectivity index (χ1) is 8.74. The van der Waals surface area contributed by atoms with Crippen LogP contribution in [0.3, 0.4) is 0 Å². The number of fused-ring (bicyclic) bond motifs is 1. The number of rotatable bonds is 2. The quantitative estimate of drug-likeness (QED) is 0.782. The summed E-state index contributed by atoms with van der Waals surface area (Å²) in [4.78, 5) is 10.4. The number of guanidine groups is 1. The molecule has 1 aromatic heterocycles. The molecule has 3 heterocycles. The van der Waals surface area contributed by atoms with Crippen LogP contribution in [0.4, 0.5) is 0 Å². The highest BCUT2D eigenvalue weighted by Crippen LogP contribution is 2.26. The Kier molecular flexibility index (Phi) is 4.76. The van der Waals surface area contributed by atoms with Crippen LogP contribution in [-0.4, -0.2) is 35.0 Å². The SMILES string of the molecule is CC1CCC2CN=C(NC(C)c3ccc[nH]3)N2C1.I. The fraction of sp³-hybridized carbons (Fsp3) is 0.643. The van der Waals surface area contributed by atoms with Crippen molar-refractivity contribution in [1.82, 2.24) is 15.2 Å². The Morgan fingerprint density at radius 3 is 3.05 bits per heavy atom. The Morgan fingerprint density at radius 2 is 2.32 bits per heavy atom. The molecule has 1 aromatic rings. The van der Waals surface area contributed by atoms with Gasteiger partial charge in [0, 0.05) is 18.4 Å². The molecule has 2 aliphatic rings. The first kappa shape index (κ1) is 14.7. The van der Waals surface area contributed by atoms with Gasteiger partial charge < -0.3 is 15.2 Å². The van der Waals surface area contributed by atoms with Crippen molar-refractivity contribution in [2.75, 3.05) is 13.1 Å². The zero-order valence-electron chi connectivity index (χ0n) is 11.6. The molecule has 2 N–H and O–H groups in total. The summed E-state index contributed by atoms with van der Waals surface area (Å²) in [6.45, 7) is 6.62. The largest absolute Gasteiger partial charge is 0.363 e. The van der Waals surface area contributed by atoms with E-state index in [1.807, 2.05) is 12.3 Å². The molecule has 5 heteroatoms. The molecule has 0 spiro atoms. The molecular weight excluding hydrogens is 351 g/mol. The number of piperidine rings is 1. The number of hydrogen-bond acceptors (Lipinski definition) is 3. The van der Waals surface area contributed by atoms with Gasteiger partial charge in [-0.3, -0.25) is 4.99 Å². The van der Waals surface area contributed by atoms with Gasteiger partial charge in [-0.2, -0.15) is 0 Å². The maximum atomic E-state index is 4.68. The van der Waals surface area contributed by atoms with Gasteiger partial charge in [-0.15, -0.1) is 24.0 Å². The average Bonchev–Trinajstić information content (AvgIpc) is 2.99. The zero-order chi connectivity index (χ0) is 12.5. The van der Waals surface area contributed by atoms with Crippen molar-refractivity contribution in [3.05, 3.63) is 24.0 Å². The third kappa shape index (κ3) is 3.07. The van der Waals surface area contributed by atoms with Crippen molar-refractivity contribution in [1.29, 1.82) is 0 Å². The van der Waals surface area contributed by atoms with Crippen molar-refractivity contribution in [3.63, 3.8) is 0 Å². The van der Waals surface area contributed by atoms with Gasteiger partial charge in [0.05, 0.1) is 18.6 Å². The summed E-state index contributed by atoms with van der Waals surface area (Å²) in [6, 6.07) is 5.08. The minimum Gasteiger partial charge on any atom is -0.363 e. The lowest BCUT2D eigenvalue weighted by atomic mass is 9.95. The van der Waals surface area contributed by atoms with Crippen molar-refractivity contribution in [3.8, 4) is 0 Å². The molecule has 19 heavy (non-hydrogen) atoms. The normalized spacial score (nSPS) is 27.3. The molecular formula is C14H23IN4. The van der Waals surface area contributed by atoms with Crippen molar-refractivity contribution < 1.29 is 0 Å². The van der Waals surface area contributed by atoms with Gasteiger partial charge in [-0.05, 0) is 37.8 Å². The third-order valence-electron chi connectivity index (χ3n) is 4.10. The molecule has 0 bridgehead atoms. The minimum atomic E-state index is 0. The van der Waals surface area contributed by atoms with E-state index in [1.54, 1.807) is 0 Å². The predicted molar refractivity (Wildman–Crippen MR) is 89.0 cm³/mol. The van der Waals surface area contributed by atoms with E-state index in [0.717, 1.165) is 25.0 Å². The van der Waals surface area contributed by atoms with Crippen LogP contribution < -0.4 is 5.32 Å². The van der Waals surface area contributed by atoms with Crippen LogP contribution in [0, 0.1) is 5.92 Å². The molecule has 1 saturated heterocycles. The number of halogens is 1. The maximum absolute atomic E-state index is 4.68. The summed E-state index contributed by atoms with van der Waals surface area (Å²) in [5.41, 5.74) is 1.21. The fourth-order valence-electron chi connectivity index (χ4n) is 2.95. The molecule has 0 saturated carbocycles. The first-order valence-corrected chi connectivity index (χ1v) is 6.95. The number of aliphatic imine (C=N–C) groups is 1. The minimum absolute atomic E-state index is 0. The molecule has 0 aromatic carbocycles. The van der Waals surface area contributed by atoms with E-state index in [-0.39, 0.29) is 30.0 Å². The number of aromatic amines is 1. The highest BCUT2D eigenvalue weighted by Gasteiger charge is 2.33. The number of nitrogens with zero attached hydrogens (tertiary/aromatic N) is 2. The van der Waals surface area contributed by atoms with Crippen LogP contribution in [-0.2, 0) is 0 Å². The molecule has 3 rings (SSSR count). The Balaban J connectivity index is 0.00000133. The summed E-state index contributed by atoms with van der Waals surface area (Å²) >= 11 is 0. The topological polar surface area (TPSA) is 43.4 Å². The van der Waals surface area contributed by atoms with Crippen molar-refractivity contribution >= 4 is 29.9 Å². The van der Waals surface area contributed by atoms with Gasteiger partial charge in [0.2, 0.25) is 0 Å². The Morgan fingerprint density at radius 1 is 1.47 bits per heavy atom.